The van der Waals surface area contributed by atoms with Crippen LogP contribution in [0, 0.1) is 6.92 Å². The van der Waals surface area contributed by atoms with Crippen molar-refractivity contribution in [1.29, 1.82) is 0 Å². The van der Waals surface area contributed by atoms with Crippen LogP contribution in [0.2, 0.25) is 0 Å². The minimum Gasteiger partial charge on any atom is -0.478 e. The lowest BCUT2D eigenvalue weighted by molar-refractivity contribution is 0.0696. The molecular weight excluding hydrogens is 218 g/mol. The number of hydrogen-bond donors (Lipinski definition) is 2. The second kappa shape index (κ2) is 4.75. The van der Waals surface area contributed by atoms with Gasteiger partial charge in [0.25, 0.3) is 0 Å². The number of aromatic carboxylic acids is 1. The number of nitrogens with zero attached hydrogens (tertiary/aromatic N) is 1. The van der Waals surface area contributed by atoms with Gasteiger partial charge in [-0.1, -0.05) is 0 Å². The van der Waals surface area contributed by atoms with Crippen LogP contribution < -0.4 is 4.90 Å². The third kappa shape index (κ3) is 2.58. The smallest absolute Gasteiger partial charge is 0.335 e. The van der Waals surface area contributed by atoms with Crippen molar-refractivity contribution in [2.45, 2.75) is 25.9 Å². The average Bonchev–Trinajstić information content (AvgIpc) is 2.29. The first-order valence-corrected chi connectivity index (χ1v) is 5.85. The zero-order valence-electron chi connectivity index (χ0n) is 9.89. The van der Waals surface area contributed by atoms with Gasteiger partial charge < -0.3 is 15.1 Å². The molecular formula is C13H17NO3. The lowest BCUT2D eigenvalue weighted by Crippen LogP contribution is -2.35. The van der Waals surface area contributed by atoms with Crippen LogP contribution in [-0.2, 0) is 0 Å². The summed E-state index contributed by atoms with van der Waals surface area (Å²) in [5.41, 5.74) is 2.17. The van der Waals surface area contributed by atoms with E-state index in [9.17, 15) is 9.90 Å². The van der Waals surface area contributed by atoms with E-state index in [1.165, 1.54) is 0 Å². The van der Waals surface area contributed by atoms with Crippen molar-refractivity contribution in [2.24, 2.45) is 0 Å². The highest BCUT2D eigenvalue weighted by Crippen LogP contribution is 2.22. The maximum absolute atomic E-state index is 10.9. The lowest BCUT2D eigenvalue weighted by atomic mass is 10.0. The second-order valence-electron chi connectivity index (χ2n) is 4.52. The molecule has 0 atom stereocenters. The molecule has 1 aromatic rings. The molecule has 4 heteroatoms. The molecule has 0 aliphatic carbocycles. The largest absolute Gasteiger partial charge is 0.478 e. The normalized spacial score (nSPS) is 17.2. The number of piperidine rings is 1. The fourth-order valence-electron chi connectivity index (χ4n) is 2.21. The first-order valence-electron chi connectivity index (χ1n) is 5.85. The maximum atomic E-state index is 10.9. The number of carbonyl (C=O) groups is 1. The number of benzene rings is 1. The first-order chi connectivity index (χ1) is 8.08. The van der Waals surface area contributed by atoms with Gasteiger partial charge in [-0.15, -0.1) is 0 Å². The summed E-state index contributed by atoms with van der Waals surface area (Å²) in [4.78, 5) is 13.1. The molecule has 17 heavy (non-hydrogen) atoms. The topological polar surface area (TPSA) is 60.8 Å². The van der Waals surface area contributed by atoms with Crippen molar-refractivity contribution >= 4 is 11.7 Å². The van der Waals surface area contributed by atoms with E-state index in [-0.39, 0.29) is 6.10 Å². The number of aryl methyl sites for hydroxylation is 1. The summed E-state index contributed by atoms with van der Waals surface area (Å²) >= 11 is 0. The molecule has 1 aliphatic rings. The molecule has 92 valence electrons. The van der Waals surface area contributed by atoms with E-state index in [4.69, 9.17) is 5.11 Å². The van der Waals surface area contributed by atoms with Crippen LogP contribution in [0.1, 0.15) is 28.8 Å². The van der Waals surface area contributed by atoms with E-state index >= 15 is 0 Å². The Morgan fingerprint density at radius 3 is 2.53 bits per heavy atom. The highest BCUT2D eigenvalue weighted by Gasteiger charge is 2.18. The van der Waals surface area contributed by atoms with Gasteiger partial charge in [0, 0.05) is 18.8 Å². The minimum absolute atomic E-state index is 0.189. The number of rotatable bonds is 2. The Hall–Kier alpha value is -1.55. The fraction of sp³-hybridized carbons (Fsp3) is 0.462. The number of anilines is 1. The third-order valence-electron chi connectivity index (χ3n) is 3.27. The summed E-state index contributed by atoms with van der Waals surface area (Å²) in [6.45, 7) is 3.46. The fourth-order valence-corrected chi connectivity index (χ4v) is 2.21. The summed E-state index contributed by atoms with van der Waals surface area (Å²) in [5.74, 6) is -0.886. The number of aliphatic hydroxyl groups excluding tert-OH is 1. The van der Waals surface area contributed by atoms with Crippen molar-refractivity contribution in [3.63, 3.8) is 0 Å². The van der Waals surface area contributed by atoms with E-state index in [2.05, 4.69) is 4.90 Å². The summed E-state index contributed by atoms with van der Waals surface area (Å²) in [5, 5.41) is 18.4. The van der Waals surface area contributed by atoms with Crippen molar-refractivity contribution in [3.05, 3.63) is 29.3 Å². The lowest BCUT2D eigenvalue weighted by Gasteiger charge is -2.31. The van der Waals surface area contributed by atoms with Crippen molar-refractivity contribution in [1.82, 2.24) is 0 Å². The maximum Gasteiger partial charge on any atom is 0.335 e. The molecule has 2 rings (SSSR count). The van der Waals surface area contributed by atoms with Gasteiger partial charge in [-0.3, -0.25) is 0 Å². The SMILES string of the molecule is Cc1cc(N2CCC(O)CC2)ccc1C(=O)O. The summed E-state index contributed by atoms with van der Waals surface area (Å²) in [6.07, 6.45) is 1.37. The molecule has 1 saturated heterocycles. The molecule has 1 aromatic carbocycles. The number of hydrogen-bond acceptors (Lipinski definition) is 3. The van der Waals surface area contributed by atoms with Gasteiger partial charge in [-0.2, -0.15) is 0 Å². The Kier molecular flexibility index (Phi) is 3.33. The van der Waals surface area contributed by atoms with Crippen LogP contribution in [0.15, 0.2) is 18.2 Å². The molecule has 0 bridgehead atoms. The van der Waals surface area contributed by atoms with E-state index in [1.807, 2.05) is 19.1 Å². The summed E-state index contributed by atoms with van der Waals surface area (Å²) < 4.78 is 0. The molecule has 0 unspecified atom stereocenters. The molecule has 4 nitrogen and oxygen atoms in total. The Morgan fingerprint density at radius 2 is 2.00 bits per heavy atom. The van der Waals surface area contributed by atoms with E-state index < -0.39 is 5.97 Å². The second-order valence-corrected chi connectivity index (χ2v) is 4.52. The van der Waals surface area contributed by atoms with Crippen molar-refractivity contribution in [2.75, 3.05) is 18.0 Å². The zero-order chi connectivity index (χ0) is 12.4. The van der Waals surface area contributed by atoms with Gasteiger partial charge in [-0.05, 0) is 43.5 Å². The molecule has 1 aliphatic heterocycles. The van der Waals surface area contributed by atoms with Crippen LogP contribution in [-0.4, -0.2) is 35.4 Å². The molecule has 2 N–H and O–H groups in total. The van der Waals surface area contributed by atoms with Crippen LogP contribution in [0.5, 0.6) is 0 Å². The molecule has 0 radical (unpaired) electrons. The quantitative estimate of drug-likeness (QED) is 0.818. The van der Waals surface area contributed by atoms with Crippen LogP contribution in [0.25, 0.3) is 0 Å². The monoisotopic (exact) mass is 235 g/mol. The first kappa shape index (κ1) is 11.9. The molecule has 1 fully saturated rings. The highest BCUT2D eigenvalue weighted by molar-refractivity contribution is 5.89. The Morgan fingerprint density at radius 1 is 1.35 bits per heavy atom. The summed E-state index contributed by atoms with van der Waals surface area (Å²) in [6, 6.07) is 5.40. The molecule has 0 amide bonds. The van der Waals surface area contributed by atoms with Gasteiger partial charge in [0.2, 0.25) is 0 Å². The van der Waals surface area contributed by atoms with E-state index in [0.717, 1.165) is 37.2 Å². The Balaban J connectivity index is 2.17. The van der Waals surface area contributed by atoms with Gasteiger partial charge in [-0.25, -0.2) is 4.79 Å². The number of aliphatic hydroxyl groups is 1. The Bertz CT molecular complexity index is 423. The predicted molar refractivity (Wildman–Crippen MR) is 65.6 cm³/mol. The molecule has 0 spiro atoms. The molecule has 0 saturated carbocycles. The van der Waals surface area contributed by atoms with Gasteiger partial charge >= 0.3 is 5.97 Å². The average molecular weight is 235 g/mol. The van der Waals surface area contributed by atoms with Crippen LogP contribution >= 0.6 is 0 Å². The summed E-state index contributed by atoms with van der Waals surface area (Å²) in [7, 11) is 0. The van der Waals surface area contributed by atoms with Crippen LogP contribution in [0.3, 0.4) is 0 Å². The number of carboxylic acid groups (broad SMARTS) is 1. The molecule has 0 aromatic heterocycles. The van der Waals surface area contributed by atoms with E-state index in [0.29, 0.717) is 5.56 Å². The zero-order valence-corrected chi connectivity index (χ0v) is 9.89. The number of carboxylic acids is 1. The van der Waals surface area contributed by atoms with Crippen molar-refractivity contribution in [3.8, 4) is 0 Å². The Labute approximate surface area is 100 Å². The molecule has 1 heterocycles. The highest BCUT2D eigenvalue weighted by atomic mass is 16.4. The standard InChI is InChI=1S/C13H17NO3/c1-9-8-10(2-3-12(9)13(16)17)14-6-4-11(15)5-7-14/h2-3,8,11,15H,4-7H2,1H3,(H,16,17). The predicted octanol–water partition coefficient (Wildman–Crippen LogP) is 1.65. The van der Waals surface area contributed by atoms with Crippen molar-refractivity contribution < 1.29 is 15.0 Å². The van der Waals surface area contributed by atoms with Crippen LogP contribution in [0.4, 0.5) is 5.69 Å². The van der Waals surface area contributed by atoms with E-state index in [1.54, 1.807) is 6.07 Å². The van der Waals surface area contributed by atoms with Gasteiger partial charge in [0.15, 0.2) is 0 Å². The minimum atomic E-state index is -0.886. The third-order valence-corrected chi connectivity index (χ3v) is 3.27. The van der Waals surface area contributed by atoms with Gasteiger partial charge in [0.05, 0.1) is 11.7 Å². The van der Waals surface area contributed by atoms with Gasteiger partial charge in [0.1, 0.15) is 0 Å².